The van der Waals surface area contributed by atoms with Gasteiger partial charge in [0.15, 0.2) is 8.15 Å². The Hall–Kier alpha value is -0.570. The lowest BCUT2D eigenvalue weighted by atomic mass is 10.4. The van der Waals surface area contributed by atoms with Crippen LogP contribution in [0.25, 0.3) is 0 Å². The molecule has 4 nitrogen and oxygen atoms in total. The van der Waals surface area contributed by atoms with Crippen LogP contribution >= 0.6 is 8.15 Å². The zero-order valence-electron chi connectivity index (χ0n) is 9.07. The highest BCUT2D eigenvalue weighted by atomic mass is 31.1. The maximum atomic E-state index is 11.4. The Labute approximate surface area is 85.6 Å². The van der Waals surface area contributed by atoms with E-state index >= 15 is 0 Å². The molecule has 0 aromatic heterocycles. The van der Waals surface area contributed by atoms with Crippen LogP contribution < -0.4 is 0 Å². The fourth-order valence-electron chi connectivity index (χ4n) is 0.767. The molecule has 0 saturated heterocycles. The molecule has 1 N–H and O–H groups in total. The van der Waals surface area contributed by atoms with Crippen molar-refractivity contribution in [2.75, 3.05) is 27.7 Å². The Morgan fingerprint density at radius 3 is 2.07 bits per heavy atom. The molecule has 0 radical (unpaired) electrons. The van der Waals surface area contributed by atoms with E-state index in [0.717, 1.165) is 0 Å². The van der Waals surface area contributed by atoms with Gasteiger partial charge >= 0.3 is 0 Å². The molecule has 0 heterocycles. The van der Waals surface area contributed by atoms with Gasteiger partial charge in [0.2, 0.25) is 11.0 Å². The molecular weight excluding hydrogens is 201 g/mol. The summed E-state index contributed by atoms with van der Waals surface area (Å²) in [5.41, 5.74) is -0.702. The van der Waals surface area contributed by atoms with E-state index in [1.165, 1.54) is 6.92 Å². The average molecular weight is 218 g/mol. The molecule has 1 unspecified atom stereocenters. The Balaban J connectivity index is 4.42. The van der Waals surface area contributed by atoms with Crippen LogP contribution in [0, 0.1) is 0 Å². The molecule has 0 amide bonds. The Morgan fingerprint density at radius 2 is 1.79 bits per heavy atom. The summed E-state index contributed by atoms with van der Waals surface area (Å²) in [6.45, 7) is 5.05. The standard InChI is InChI=1S/C9H17NO3P/c1-7(2)9(12)14(13)8(11)6-10(3,4)5/h13H,1,6H2,2-5H3/q+1. The lowest BCUT2D eigenvalue weighted by molar-refractivity contribution is -0.861. The summed E-state index contributed by atoms with van der Waals surface area (Å²) in [5, 5.41) is 0. The van der Waals surface area contributed by atoms with E-state index in [-0.39, 0.29) is 12.1 Å². The fraction of sp³-hybridized carbons (Fsp3) is 0.556. The molecule has 80 valence electrons. The predicted molar refractivity (Wildman–Crippen MR) is 56.9 cm³/mol. The third-order valence-electron chi connectivity index (χ3n) is 1.40. The maximum absolute atomic E-state index is 11.4. The van der Waals surface area contributed by atoms with Crippen molar-refractivity contribution < 1.29 is 19.0 Å². The molecule has 0 aliphatic rings. The lowest BCUT2D eigenvalue weighted by Gasteiger charge is -2.23. The number of likely N-dealkylation sites (N-methyl/N-ethyl adjacent to an activating group) is 1. The first-order valence-electron chi connectivity index (χ1n) is 4.17. The molecule has 0 aromatic rings. The van der Waals surface area contributed by atoms with Crippen LogP contribution in [-0.4, -0.2) is 48.1 Å². The Bertz CT molecular complexity index is 268. The smallest absolute Gasteiger partial charge is 0.242 e. The SMILES string of the molecule is C=C(C)C(=O)P(O)C(=O)C[N+](C)(C)C. The van der Waals surface area contributed by atoms with Crippen LogP contribution in [0.5, 0.6) is 0 Å². The monoisotopic (exact) mass is 218 g/mol. The van der Waals surface area contributed by atoms with E-state index in [0.29, 0.717) is 4.48 Å². The van der Waals surface area contributed by atoms with Crippen LogP contribution in [0.15, 0.2) is 12.2 Å². The summed E-state index contributed by atoms with van der Waals surface area (Å²) >= 11 is 0. The van der Waals surface area contributed by atoms with Gasteiger partial charge in [0.25, 0.3) is 0 Å². The van der Waals surface area contributed by atoms with Gasteiger partial charge in [-0.15, -0.1) is 0 Å². The Kier molecular flexibility index (Phi) is 4.59. The number of allylic oxidation sites excluding steroid dienone is 1. The first-order valence-corrected chi connectivity index (χ1v) is 5.46. The highest BCUT2D eigenvalue weighted by Crippen LogP contribution is 2.35. The number of nitrogens with zero attached hydrogens (tertiary/aromatic N) is 1. The molecule has 14 heavy (non-hydrogen) atoms. The summed E-state index contributed by atoms with van der Waals surface area (Å²) in [5.74, 6) is 0. The van der Waals surface area contributed by atoms with Crippen LogP contribution in [0.4, 0.5) is 0 Å². The number of rotatable bonds is 5. The summed E-state index contributed by atoms with van der Waals surface area (Å²) in [6, 6.07) is 0. The van der Waals surface area contributed by atoms with Crippen LogP contribution in [-0.2, 0) is 9.59 Å². The second kappa shape index (κ2) is 4.78. The number of hydrogen-bond donors (Lipinski definition) is 1. The first kappa shape index (κ1) is 13.4. The molecule has 0 spiro atoms. The van der Waals surface area contributed by atoms with Crippen molar-refractivity contribution in [3.05, 3.63) is 12.2 Å². The minimum atomic E-state index is -2.20. The van der Waals surface area contributed by atoms with Crippen molar-refractivity contribution in [2.24, 2.45) is 0 Å². The van der Waals surface area contributed by atoms with Gasteiger partial charge in [0, 0.05) is 0 Å². The zero-order valence-corrected chi connectivity index (χ0v) is 9.97. The fourth-order valence-corrected chi connectivity index (χ4v) is 1.91. The van der Waals surface area contributed by atoms with Gasteiger partial charge in [0.05, 0.1) is 21.1 Å². The van der Waals surface area contributed by atoms with Gasteiger partial charge in [-0.2, -0.15) is 0 Å². The third kappa shape index (κ3) is 4.61. The minimum Gasteiger partial charge on any atom is -0.360 e. The van der Waals surface area contributed by atoms with E-state index in [1.54, 1.807) is 0 Å². The molecule has 0 bridgehead atoms. The first-order chi connectivity index (χ1) is 6.15. The van der Waals surface area contributed by atoms with Gasteiger partial charge < -0.3 is 9.38 Å². The van der Waals surface area contributed by atoms with Gasteiger partial charge in [-0.3, -0.25) is 9.59 Å². The molecule has 0 rings (SSSR count). The van der Waals surface area contributed by atoms with E-state index in [4.69, 9.17) is 0 Å². The van der Waals surface area contributed by atoms with Crippen molar-refractivity contribution >= 4 is 19.2 Å². The number of quaternary nitrogens is 1. The number of carbonyl (C=O) groups excluding carboxylic acids is 2. The van der Waals surface area contributed by atoms with E-state index < -0.39 is 19.2 Å². The highest BCUT2D eigenvalue weighted by molar-refractivity contribution is 7.85. The Morgan fingerprint density at radius 1 is 1.36 bits per heavy atom. The second-order valence-corrected chi connectivity index (χ2v) is 5.77. The summed E-state index contributed by atoms with van der Waals surface area (Å²) < 4.78 is 0.404. The van der Waals surface area contributed by atoms with Gasteiger partial charge in [-0.1, -0.05) is 6.58 Å². The molecule has 0 aliphatic heterocycles. The third-order valence-corrected chi connectivity index (χ3v) is 2.78. The van der Waals surface area contributed by atoms with Crippen molar-refractivity contribution in [1.82, 2.24) is 0 Å². The van der Waals surface area contributed by atoms with Crippen molar-refractivity contribution in [3.8, 4) is 0 Å². The number of hydrogen-bond acceptors (Lipinski definition) is 3. The van der Waals surface area contributed by atoms with Crippen LogP contribution in [0.3, 0.4) is 0 Å². The average Bonchev–Trinajstić information content (AvgIpc) is 1.98. The predicted octanol–water partition coefficient (Wildman–Crippen LogP) is 0.711. The molecule has 5 heteroatoms. The largest absolute Gasteiger partial charge is 0.360 e. The summed E-state index contributed by atoms with van der Waals surface area (Å²) in [4.78, 5) is 32.0. The van der Waals surface area contributed by atoms with Gasteiger partial charge in [0.1, 0.15) is 6.54 Å². The van der Waals surface area contributed by atoms with E-state index in [9.17, 15) is 14.5 Å². The van der Waals surface area contributed by atoms with E-state index in [1.807, 2.05) is 21.1 Å². The number of carbonyl (C=O) groups is 2. The maximum Gasteiger partial charge on any atom is 0.242 e. The molecule has 1 atom stereocenters. The molecule has 0 aromatic carbocycles. The molecule has 0 aliphatic carbocycles. The summed E-state index contributed by atoms with van der Waals surface area (Å²) in [7, 11) is 3.28. The molecule has 0 fully saturated rings. The molecule has 0 saturated carbocycles. The van der Waals surface area contributed by atoms with Crippen molar-refractivity contribution in [2.45, 2.75) is 6.92 Å². The summed E-state index contributed by atoms with van der Waals surface area (Å²) in [6.07, 6.45) is 0. The highest BCUT2D eigenvalue weighted by Gasteiger charge is 2.28. The molecular formula is C9H17NO3P+. The minimum absolute atomic E-state index is 0.154. The van der Waals surface area contributed by atoms with Crippen LogP contribution in [0.2, 0.25) is 0 Å². The normalized spacial score (nSPS) is 13.5. The van der Waals surface area contributed by atoms with Gasteiger partial charge in [-0.25, -0.2) is 0 Å². The topological polar surface area (TPSA) is 54.4 Å². The van der Waals surface area contributed by atoms with E-state index in [2.05, 4.69) is 6.58 Å². The van der Waals surface area contributed by atoms with Crippen LogP contribution in [0.1, 0.15) is 6.92 Å². The van der Waals surface area contributed by atoms with Gasteiger partial charge in [-0.05, 0) is 12.5 Å². The lowest BCUT2D eigenvalue weighted by Crippen LogP contribution is -2.39. The van der Waals surface area contributed by atoms with Crippen molar-refractivity contribution in [3.63, 3.8) is 0 Å². The second-order valence-electron chi connectivity index (χ2n) is 4.24. The quantitative estimate of drug-likeness (QED) is 0.420. The van der Waals surface area contributed by atoms with Crippen molar-refractivity contribution in [1.29, 1.82) is 0 Å². The zero-order chi connectivity index (χ0) is 11.5.